The first-order chi connectivity index (χ1) is 13.2. The zero-order valence-electron chi connectivity index (χ0n) is 16.3. The summed E-state index contributed by atoms with van der Waals surface area (Å²) in [5.41, 5.74) is 7.13. The number of pyridine rings is 1. The molecular weight excluding hydrogens is 338 g/mol. The van der Waals surface area contributed by atoms with Crippen LogP contribution in [0.2, 0.25) is 0 Å². The molecule has 0 atom stereocenters. The van der Waals surface area contributed by atoms with E-state index in [0.717, 1.165) is 57.0 Å². The van der Waals surface area contributed by atoms with Gasteiger partial charge in [0.05, 0.1) is 6.54 Å². The Hall–Kier alpha value is -1.99. The Labute approximate surface area is 161 Å². The Balaban J connectivity index is 1.37. The number of anilines is 1. The van der Waals surface area contributed by atoms with E-state index < -0.39 is 0 Å². The van der Waals surface area contributed by atoms with Crippen molar-refractivity contribution in [3.05, 3.63) is 35.5 Å². The van der Waals surface area contributed by atoms with Crippen molar-refractivity contribution in [3.8, 4) is 0 Å². The number of aromatic nitrogens is 4. The predicted molar refractivity (Wildman–Crippen MR) is 106 cm³/mol. The number of hydrogen-bond acceptors (Lipinski definition) is 6. The van der Waals surface area contributed by atoms with Crippen LogP contribution in [0.15, 0.2) is 18.3 Å². The van der Waals surface area contributed by atoms with Gasteiger partial charge in [-0.2, -0.15) is 0 Å². The number of piperidine rings is 1. The van der Waals surface area contributed by atoms with Crippen molar-refractivity contribution < 1.29 is 0 Å². The number of likely N-dealkylation sites (tertiary alicyclic amines) is 2. The Morgan fingerprint density at radius 1 is 1.04 bits per heavy atom. The summed E-state index contributed by atoms with van der Waals surface area (Å²) in [5, 5.41) is 9.17. The second kappa shape index (κ2) is 8.35. The maximum absolute atomic E-state index is 6.00. The van der Waals surface area contributed by atoms with Gasteiger partial charge in [-0.3, -0.25) is 9.80 Å². The quantitative estimate of drug-likeness (QED) is 0.842. The highest BCUT2D eigenvalue weighted by molar-refractivity contribution is 5.38. The lowest BCUT2D eigenvalue weighted by Crippen LogP contribution is -2.33. The van der Waals surface area contributed by atoms with Crippen molar-refractivity contribution in [2.45, 2.75) is 58.2 Å². The van der Waals surface area contributed by atoms with Crippen LogP contribution >= 0.6 is 0 Å². The van der Waals surface area contributed by atoms with Gasteiger partial charge in [0.1, 0.15) is 17.5 Å². The van der Waals surface area contributed by atoms with Gasteiger partial charge in [-0.1, -0.05) is 6.07 Å². The molecule has 0 amide bonds. The molecule has 2 aliphatic rings. The van der Waals surface area contributed by atoms with Crippen molar-refractivity contribution in [2.24, 2.45) is 0 Å². The molecule has 2 fully saturated rings. The molecule has 146 valence electrons. The molecule has 2 N–H and O–H groups in total. The van der Waals surface area contributed by atoms with Crippen LogP contribution in [0.3, 0.4) is 0 Å². The average Bonchev–Trinajstić information content (AvgIpc) is 3.34. The van der Waals surface area contributed by atoms with Crippen molar-refractivity contribution >= 4 is 5.82 Å². The van der Waals surface area contributed by atoms with Gasteiger partial charge in [0.15, 0.2) is 0 Å². The van der Waals surface area contributed by atoms with Gasteiger partial charge in [0.25, 0.3) is 0 Å². The molecule has 0 radical (unpaired) electrons. The van der Waals surface area contributed by atoms with Crippen LogP contribution < -0.4 is 5.73 Å². The molecule has 4 rings (SSSR count). The smallest absolute Gasteiger partial charge is 0.147 e. The number of hydrogen-bond donors (Lipinski definition) is 1. The van der Waals surface area contributed by atoms with Gasteiger partial charge in [-0.05, 0) is 64.9 Å². The third-order valence-electron chi connectivity index (χ3n) is 6.01. The molecule has 2 aliphatic heterocycles. The maximum atomic E-state index is 6.00. The van der Waals surface area contributed by atoms with Crippen LogP contribution in [-0.2, 0) is 19.6 Å². The topological polar surface area (TPSA) is 76.1 Å². The van der Waals surface area contributed by atoms with Gasteiger partial charge in [-0.15, -0.1) is 10.2 Å². The van der Waals surface area contributed by atoms with Crippen LogP contribution in [0.25, 0.3) is 0 Å². The summed E-state index contributed by atoms with van der Waals surface area (Å²) in [6.45, 7) is 9.52. The SMILES string of the molecule is CCn1c(CN2CCCC2)nnc1C1CCN(Cc2cccnc2N)CC1. The van der Waals surface area contributed by atoms with Crippen LogP contribution in [0.1, 0.15) is 55.7 Å². The van der Waals surface area contributed by atoms with Crippen molar-refractivity contribution in [2.75, 3.05) is 31.9 Å². The Morgan fingerprint density at radius 2 is 1.78 bits per heavy atom. The highest BCUT2D eigenvalue weighted by Gasteiger charge is 2.26. The van der Waals surface area contributed by atoms with E-state index in [1.165, 1.54) is 31.8 Å². The third kappa shape index (κ3) is 4.14. The van der Waals surface area contributed by atoms with Crippen molar-refractivity contribution in [1.29, 1.82) is 0 Å². The summed E-state index contributed by atoms with van der Waals surface area (Å²) in [7, 11) is 0. The van der Waals surface area contributed by atoms with E-state index in [2.05, 4.69) is 42.5 Å². The summed E-state index contributed by atoms with van der Waals surface area (Å²) >= 11 is 0. The summed E-state index contributed by atoms with van der Waals surface area (Å²) in [4.78, 5) is 9.17. The predicted octanol–water partition coefficient (Wildman–Crippen LogP) is 2.25. The fourth-order valence-electron chi connectivity index (χ4n) is 4.43. The Morgan fingerprint density at radius 3 is 2.48 bits per heavy atom. The second-order valence-corrected chi connectivity index (χ2v) is 7.80. The fraction of sp³-hybridized carbons (Fsp3) is 0.650. The normalized spacial score (nSPS) is 19.7. The van der Waals surface area contributed by atoms with Gasteiger partial charge in [0.2, 0.25) is 0 Å². The number of nitrogens with zero attached hydrogens (tertiary/aromatic N) is 6. The third-order valence-corrected chi connectivity index (χ3v) is 6.01. The summed E-state index contributed by atoms with van der Waals surface area (Å²) in [6.07, 6.45) is 6.63. The van der Waals surface area contributed by atoms with E-state index in [9.17, 15) is 0 Å². The minimum Gasteiger partial charge on any atom is -0.383 e. The van der Waals surface area contributed by atoms with E-state index in [-0.39, 0.29) is 0 Å². The van der Waals surface area contributed by atoms with Crippen molar-refractivity contribution in [3.63, 3.8) is 0 Å². The molecule has 7 heteroatoms. The van der Waals surface area contributed by atoms with E-state index >= 15 is 0 Å². The number of nitrogens with two attached hydrogens (primary N) is 1. The van der Waals surface area contributed by atoms with Gasteiger partial charge < -0.3 is 10.3 Å². The van der Waals surface area contributed by atoms with Gasteiger partial charge in [-0.25, -0.2) is 4.98 Å². The fourth-order valence-corrected chi connectivity index (χ4v) is 4.43. The average molecular weight is 370 g/mol. The van der Waals surface area contributed by atoms with Crippen LogP contribution in [-0.4, -0.2) is 55.7 Å². The maximum Gasteiger partial charge on any atom is 0.147 e. The lowest BCUT2D eigenvalue weighted by atomic mass is 9.95. The molecule has 27 heavy (non-hydrogen) atoms. The van der Waals surface area contributed by atoms with Crippen LogP contribution in [0.4, 0.5) is 5.82 Å². The summed E-state index contributed by atoms with van der Waals surface area (Å²) < 4.78 is 2.36. The lowest BCUT2D eigenvalue weighted by molar-refractivity contribution is 0.200. The van der Waals surface area contributed by atoms with Gasteiger partial charge >= 0.3 is 0 Å². The molecule has 0 saturated carbocycles. The lowest BCUT2D eigenvalue weighted by Gasteiger charge is -2.31. The summed E-state index contributed by atoms with van der Waals surface area (Å²) in [5.74, 6) is 3.48. The molecule has 0 aromatic carbocycles. The zero-order chi connectivity index (χ0) is 18.6. The van der Waals surface area contributed by atoms with Crippen LogP contribution in [0, 0.1) is 0 Å². The first kappa shape index (κ1) is 18.4. The number of nitrogen functional groups attached to an aromatic ring is 1. The highest BCUT2D eigenvalue weighted by atomic mass is 15.3. The monoisotopic (exact) mass is 369 g/mol. The molecule has 0 aliphatic carbocycles. The Kier molecular flexibility index (Phi) is 5.69. The first-order valence-electron chi connectivity index (χ1n) is 10.3. The van der Waals surface area contributed by atoms with Gasteiger partial charge in [0, 0.05) is 30.8 Å². The molecule has 4 heterocycles. The molecule has 0 unspecified atom stereocenters. The molecule has 0 spiro atoms. The van der Waals surface area contributed by atoms with E-state index in [4.69, 9.17) is 5.73 Å². The minimum atomic E-state index is 0.507. The largest absolute Gasteiger partial charge is 0.383 e. The Bertz CT molecular complexity index is 743. The second-order valence-electron chi connectivity index (χ2n) is 7.80. The molecule has 2 saturated heterocycles. The zero-order valence-corrected chi connectivity index (χ0v) is 16.3. The number of rotatable bonds is 6. The highest BCUT2D eigenvalue weighted by Crippen LogP contribution is 2.29. The van der Waals surface area contributed by atoms with E-state index in [1.54, 1.807) is 6.20 Å². The molecule has 2 aromatic rings. The van der Waals surface area contributed by atoms with Crippen molar-refractivity contribution in [1.82, 2.24) is 29.5 Å². The minimum absolute atomic E-state index is 0.507. The summed E-state index contributed by atoms with van der Waals surface area (Å²) in [6, 6.07) is 4.04. The molecule has 7 nitrogen and oxygen atoms in total. The molecular formula is C20H31N7. The van der Waals surface area contributed by atoms with E-state index in [0.29, 0.717) is 11.7 Å². The molecule has 0 bridgehead atoms. The van der Waals surface area contributed by atoms with E-state index in [1.807, 2.05) is 6.07 Å². The van der Waals surface area contributed by atoms with Crippen LogP contribution in [0.5, 0.6) is 0 Å². The first-order valence-corrected chi connectivity index (χ1v) is 10.3. The standard InChI is InChI=1S/C20H31N7/c1-2-27-18(15-25-10-3-4-11-25)23-24-20(27)16-7-12-26(13-8-16)14-17-6-5-9-22-19(17)21/h5-6,9,16H,2-4,7-8,10-15H2,1H3,(H2,21,22). The molecule has 2 aromatic heterocycles.